The molecular formula is C20H21N3O4. The minimum atomic E-state index is 0.463. The molecule has 3 aromatic rings. The van der Waals surface area contributed by atoms with Crippen LogP contribution in [0.3, 0.4) is 0 Å². The van der Waals surface area contributed by atoms with Gasteiger partial charge in [0.25, 0.3) is 5.69 Å². The standard InChI is InChI=1S/C20H21N3O4/c1-25-18-10-15-8-9-22(12-16(15)11-19(18)26-2)13-17-20(21-27-23(17)24)14-6-4-3-5-7-14/h3-7,10-11H,8-9,12-13H2,1-2H3. The van der Waals surface area contributed by atoms with Gasteiger partial charge in [-0.05, 0) is 34.6 Å². The minimum absolute atomic E-state index is 0.463. The van der Waals surface area contributed by atoms with Crippen LogP contribution in [-0.2, 0) is 19.5 Å². The average Bonchev–Trinajstić information content (AvgIpc) is 3.07. The number of hydrogen-bond donors (Lipinski definition) is 0. The summed E-state index contributed by atoms with van der Waals surface area (Å²) in [6, 6.07) is 13.6. The molecule has 1 aliphatic rings. The molecule has 7 heteroatoms. The van der Waals surface area contributed by atoms with Crippen LogP contribution in [0.15, 0.2) is 47.1 Å². The second-order valence-corrected chi connectivity index (χ2v) is 6.53. The lowest BCUT2D eigenvalue weighted by atomic mass is 9.98. The molecule has 0 N–H and O–H groups in total. The zero-order chi connectivity index (χ0) is 18.8. The van der Waals surface area contributed by atoms with Crippen LogP contribution in [-0.4, -0.2) is 30.8 Å². The second kappa shape index (κ2) is 7.28. The largest absolute Gasteiger partial charge is 0.493 e. The van der Waals surface area contributed by atoms with E-state index in [1.54, 1.807) is 14.2 Å². The first-order valence-corrected chi connectivity index (χ1v) is 8.79. The van der Waals surface area contributed by atoms with Crippen molar-refractivity contribution in [3.63, 3.8) is 0 Å². The highest BCUT2D eigenvalue weighted by Crippen LogP contribution is 2.33. The molecule has 4 rings (SSSR count). The first kappa shape index (κ1) is 17.4. The smallest absolute Gasteiger partial charge is 0.252 e. The molecule has 2 heterocycles. The van der Waals surface area contributed by atoms with Crippen LogP contribution < -0.4 is 14.4 Å². The van der Waals surface area contributed by atoms with Crippen molar-refractivity contribution in [2.45, 2.75) is 19.5 Å². The zero-order valence-electron chi connectivity index (χ0n) is 15.3. The van der Waals surface area contributed by atoms with Gasteiger partial charge in [-0.25, -0.2) is 0 Å². The SMILES string of the molecule is COc1cc2c(cc1OC)CN(Cc1c(-c3ccccc3)no[n+]1[O-])CC2. The van der Waals surface area contributed by atoms with Gasteiger partial charge in [-0.2, -0.15) is 0 Å². The third-order valence-corrected chi connectivity index (χ3v) is 4.92. The first-order valence-electron chi connectivity index (χ1n) is 8.79. The van der Waals surface area contributed by atoms with E-state index in [9.17, 15) is 5.21 Å². The van der Waals surface area contributed by atoms with Gasteiger partial charge in [-0.1, -0.05) is 30.3 Å². The van der Waals surface area contributed by atoms with E-state index in [1.807, 2.05) is 42.5 Å². The Hall–Kier alpha value is -3.06. The van der Waals surface area contributed by atoms with E-state index in [2.05, 4.69) is 10.1 Å². The summed E-state index contributed by atoms with van der Waals surface area (Å²) < 4.78 is 15.7. The Morgan fingerprint density at radius 2 is 1.81 bits per heavy atom. The van der Waals surface area contributed by atoms with Crippen LogP contribution in [0.5, 0.6) is 11.5 Å². The summed E-state index contributed by atoms with van der Waals surface area (Å²) in [6.45, 7) is 2.02. The molecule has 0 saturated heterocycles. The Morgan fingerprint density at radius 3 is 2.52 bits per heavy atom. The number of ether oxygens (including phenoxy) is 2. The van der Waals surface area contributed by atoms with Gasteiger partial charge in [0.15, 0.2) is 11.5 Å². The molecule has 0 unspecified atom stereocenters. The van der Waals surface area contributed by atoms with Crippen molar-refractivity contribution in [1.82, 2.24) is 10.1 Å². The molecule has 0 fully saturated rings. The number of nitrogens with zero attached hydrogens (tertiary/aromatic N) is 3. The summed E-state index contributed by atoms with van der Waals surface area (Å²) in [6.07, 6.45) is 0.875. The van der Waals surface area contributed by atoms with Crippen LogP contribution in [0.25, 0.3) is 11.3 Å². The predicted molar refractivity (Wildman–Crippen MR) is 98.3 cm³/mol. The Bertz CT molecular complexity index is 940. The van der Waals surface area contributed by atoms with Crippen molar-refractivity contribution in [2.24, 2.45) is 0 Å². The molecule has 0 spiro atoms. The molecular weight excluding hydrogens is 346 g/mol. The summed E-state index contributed by atoms with van der Waals surface area (Å²) in [5, 5.41) is 16.1. The maximum Gasteiger partial charge on any atom is 0.252 e. The maximum atomic E-state index is 12.1. The highest BCUT2D eigenvalue weighted by atomic mass is 16.8. The first-order chi connectivity index (χ1) is 13.2. The number of rotatable bonds is 5. The summed E-state index contributed by atoms with van der Waals surface area (Å²) >= 11 is 0. The van der Waals surface area contributed by atoms with Gasteiger partial charge < -0.3 is 14.7 Å². The zero-order valence-corrected chi connectivity index (χ0v) is 15.3. The molecule has 140 valence electrons. The van der Waals surface area contributed by atoms with Crippen LogP contribution >= 0.6 is 0 Å². The molecule has 0 atom stereocenters. The van der Waals surface area contributed by atoms with Gasteiger partial charge in [-0.15, -0.1) is 0 Å². The summed E-state index contributed by atoms with van der Waals surface area (Å²) in [5.74, 6) is 1.46. The minimum Gasteiger partial charge on any atom is -0.493 e. The lowest BCUT2D eigenvalue weighted by molar-refractivity contribution is -0.808. The maximum absolute atomic E-state index is 12.1. The molecule has 0 aliphatic carbocycles. The van der Waals surface area contributed by atoms with Crippen molar-refractivity contribution in [2.75, 3.05) is 20.8 Å². The number of methoxy groups -OCH3 is 2. The molecule has 7 nitrogen and oxygen atoms in total. The molecule has 0 amide bonds. The Morgan fingerprint density at radius 1 is 1.11 bits per heavy atom. The molecule has 1 aromatic heterocycles. The third-order valence-electron chi connectivity index (χ3n) is 4.92. The molecule has 0 saturated carbocycles. The molecule has 0 radical (unpaired) electrons. The number of hydrogen-bond acceptors (Lipinski definition) is 6. The van der Waals surface area contributed by atoms with Crippen molar-refractivity contribution in [3.8, 4) is 22.8 Å². The van der Waals surface area contributed by atoms with Crippen molar-refractivity contribution >= 4 is 0 Å². The van der Waals surface area contributed by atoms with Gasteiger partial charge in [0.05, 0.1) is 20.8 Å². The van der Waals surface area contributed by atoms with Crippen LogP contribution in [0, 0.1) is 5.21 Å². The van der Waals surface area contributed by atoms with E-state index in [0.29, 0.717) is 28.6 Å². The van der Waals surface area contributed by atoms with Gasteiger partial charge in [0.2, 0.25) is 5.69 Å². The summed E-state index contributed by atoms with van der Waals surface area (Å²) in [4.78, 5) is 2.72. The molecule has 2 aromatic carbocycles. The second-order valence-electron chi connectivity index (χ2n) is 6.53. The van der Waals surface area contributed by atoms with Gasteiger partial charge >= 0.3 is 0 Å². The highest BCUT2D eigenvalue weighted by molar-refractivity contribution is 5.59. The lowest BCUT2D eigenvalue weighted by Gasteiger charge is -2.28. The van der Waals surface area contributed by atoms with Crippen molar-refractivity contribution in [1.29, 1.82) is 0 Å². The normalized spacial score (nSPS) is 14.0. The topological polar surface area (TPSA) is 74.7 Å². The fraction of sp³-hybridized carbons (Fsp3) is 0.300. The van der Waals surface area contributed by atoms with Crippen molar-refractivity contribution in [3.05, 3.63) is 64.5 Å². The monoisotopic (exact) mass is 367 g/mol. The highest BCUT2D eigenvalue weighted by Gasteiger charge is 2.26. The Kier molecular flexibility index (Phi) is 4.68. The van der Waals surface area contributed by atoms with E-state index in [-0.39, 0.29) is 0 Å². The predicted octanol–water partition coefficient (Wildman–Crippen LogP) is 2.55. The van der Waals surface area contributed by atoms with Crippen LogP contribution in [0.1, 0.15) is 16.8 Å². The molecule has 0 bridgehead atoms. The van der Waals surface area contributed by atoms with Crippen molar-refractivity contribution < 1.29 is 19.0 Å². The number of benzene rings is 2. The lowest BCUT2D eigenvalue weighted by Crippen LogP contribution is -2.36. The van der Waals surface area contributed by atoms with Crippen LogP contribution in [0.4, 0.5) is 0 Å². The van der Waals surface area contributed by atoms with E-state index in [0.717, 1.165) is 30.8 Å². The average molecular weight is 367 g/mol. The fourth-order valence-corrected chi connectivity index (χ4v) is 3.50. The van der Waals surface area contributed by atoms with E-state index < -0.39 is 0 Å². The Balaban J connectivity index is 1.59. The van der Waals surface area contributed by atoms with E-state index in [1.165, 1.54) is 11.1 Å². The number of fused-ring (bicyclic) bond motifs is 1. The van der Waals surface area contributed by atoms with E-state index in [4.69, 9.17) is 14.1 Å². The third kappa shape index (κ3) is 3.33. The van der Waals surface area contributed by atoms with Gasteiger partial charge in [0.1, 0.15) is 0 Å². The van der Waals surface area contributed by atoms with Gasteiger partial charge in [-0.3, -0.25) is 9.53 Å². The molecule has 27 heavy (non-hydrogen) atoms. The quantitative estimate of drug-likeness (QED) is 0.645. The fourth-order valence-electron chi connectivity index (χ4n) is 3.50. The summed E-state index contributed by atoms with van der Waals surface area (Å²) in [7, 11) is 3.28. The van der Waals surface area contributed by atoms with Gasteiger partial charge in [0, 0.05) is 23.8 Å². The van der Waals surface area contributed by atoms with Crippen LogP contribution in [0.2, 0.25) is 0 Å². The number of aromatic nitrogens is 2. The Labute approximate surface area is 157 Å². The summed E-state index contributed by atoms with van der Waals surface area (Å²) in [5.41, 5.74) is 4.39. The molecule has 1 aliphatic heterocycles. The van der Waals surface area contributed by atoms with E-state index >= 15 is 0 Å².